The molecule has 1 amide bonds. The number of fused-ring (bicyclic) bond motifs is 1. The first-order chi connectivity index (χ1) is 18.9. The van der Waals surface area contributed by atoms with E-state index in [1.807, 2.05) is 41.6 Å². The molecule has 9 nitrogen and oxygen atoms in total. The summed E-state index contributed by atoms with van der Waals surface area (Å²) in [6.45, 7) is 10.4. The Morgan fingerprint density at radius 2 is 1.72 bits per heavy atom. The molecule has 4 rings (SSSR count). The average molecular weight is 536 g/mol. The van der Waals surface area contributed by atoms with Gasteiger partial charge in [-0.3, -0.25) is 14.6 Å². The minimum atomic E-state index is -0.959. The highest BCUT2D eigenvalue weighted by molar-refractivity contribution is 5.95. The highest BCUT2D eigenvalue weighted by Crippen LogP contribution is 2.29. The summed E-state index contributed by atoms with van der Waals surface area (Å²) < 4.78 is 7.19. The second-order valence-electron chi connectivity index (χ2n) is 10.1. The smallest absolute Gasteiger partial charge is 0.335 e. The van der Waals surface area contributed by atoms with Crippen LogP contribution in [0.4, 0.5) is 5.69 Å². The zero-order valence-electron chi connectivity index (χ0n) is 23.3. The fourth-order valence-electron chi connectivity index (χ4n) is 5.60. The first kappa shape index (κ1) is 28.4. The van der Waals surface area contributed by atoms with Crippen molar-refractivity contribution < 1.29 is 19.4 Å². The number of aromatic nitrogens is 1. The number of hydrogen-bond donors (Lipinski definition) is 2. The van der Waals surface area contributed by atoms with Crippen molar-refractivity contribution in [2.45, 2.75) is 39.3 Å². The number of carbonyl (C=O) groups is 2. The van der Waals surface area contributed by atoms with Crippen LogP contribution in [0.5, 0.6) is 5.75 Å². The van der Waals surface area contributed by atoms with Crippen molar-refractivity contribution in [3.63, 3.8) is 0 Å². The molecule has 2 heterocycles. The van der Waals surface area contributed by atoms with E-state index >= 15 is 0 Å². The quantitative estimate of drug-likeness (QED) is 0.321. The summed E-state index contributed by atoms with van der Waals surface area (Å²) in [4.78, 5) is 31.1. The topological polar surface area (TPSA) is 104 Å². The van der Waals surface area contributed by atoms with Crippen molar-refractivity contribution in [1.29, 1.82) is 0 Å². The van der Waals surface area contributed by atoms with Crippen molar-refractivity contribution >= 4 is 28.5 Å². The number of ether oxygens (including phenoxy) is 1. The molecule has 3 aromatic rings. The Morgan fingerprint density at radius 3 is 2.31 bits per heavy atom. The summed E-state index contributed by atoms with van der Waals surface area (Å²) in [5, 5.41) is 10.4. The van der Waals surface area contributed by atoms with E-state index in [9.17, 15) is 14.7 Å². The van der Waals surface area contributed by atoms with Crippen LogP contribution in [-0.4, -0.2) is 84.3 Å². The van der Waals surface area contributed by atoms with Gasteiger partial charge in [-0.25, -0.2) is 4.79 Å². The van der Waals surface area contributed by atoms with E-state index in [1.54, 1.807) is 25.3 Å². The lowest BCUT2D eigenvalue weighted by atomic mass is 10.0. The van der Waals surface area contributed by atoms with Crippen LogP contribution >= 0.6 is 0 Å². The predicted octanol–water partition coefficient (Wildman–Crippen LogP) is 3.82. The number of methoxy groups -OCH3 is 1. The summed E-state index contributed by atoms with van der Waals surface area (Å²) in [6.07, 6.45) is 4.21. The number of carboxylic acid groups (broad SMARTS) is 1. The Labute approximate surface area is 230 Å². The normalized spacial score (nSPS) is 15.1. The van der Waals surface area contributed by atoms with Crippen LogP contribution in [0.3, 0.4) is 0 Å². The molecule has 0 spiro atoms. The molecule has 1 unspecified atom stereocenters. The number of anilines is 1. The zero-order valence-corrected chi connectivity index (χ0v) is 23.3. The van der Waals surface area contributed by atoms with E-state index in [1.165, 1.54) is 5.69 Å². The minimum absolute atomic E-state index is 0.245. The monoisotopic (exact) mass is 535 g/mol. The summed E-state index contributed by atoms with van der Waals surface area (Å²) in [6, 6.07) is 13.4. The van der Waals surface area contributed by atoms with Crippen LogP contribution in [-0.2, 0) is 11.2 Å². The van der Waals surface area contributed by atoms with Gasteiger partial charge in [0.05, 0.1) is 18.2 Å². The number of nitrogens with zero attached hydrogens (tertiary/aromatic N) is 4. The largest absolute Gasteiger partial charge is 0.497 e. The lowest BCUT2D eigenvalue weighted by molar-refractivity contribution is -0.126. The van der Waals surface area contributed by atoms with Gasteiger partial charge in [0.25, 0.3) is 5.91 Å². The fourth-order valence-corrected chi connectivity index (χ4v) is 5.60. The van der Waals surface area contributed by atoms with E-state index < -0.39 is 18.0 Å². The third kappa shape index (κ3) is 6.54. The highest BCUT2D eigenvalue weighted by atomic mass is 16.5. The highest BCUT2D eigenvalue weighted by Gasteiger charge is 2.26. The van der Waals surface area contributed by atoms with E-state index in [-0.39, 0.29) is 5.56 Å². The van der Waals surface area contributed by atoms with Gasteiger partial charge in [-0.1, -0.05) is 13.8 Å². The van der Waals surface area contributed by atoms with Crippen molar-refractivity contribution in [3.8, 4) is 5.75 Å². The number of carboxylic acids is 1. The number of amides is 1. The molecule has 2 aromatic carbocycles. The summed E-state index contributed by atoms with van der Waals surface area (Å²) in [5.41, 5.74) is 9.21. The maximum absolute atomic E-state index is 12.5. The fraction of sp³-hybridized carbons (Fsp3) is 0.467. The van der Waals surface area contributed by atoms with Crippen LogP contribution in [0.15, 0.2) is 48.7 Å². The van der Waals surface area contributed by atoms with E-state index in [2.05, 4.69) is 21.9 Å². The summed E-state index contributed by atoms with van der Waals surface area (Å²) >= 11 is 0. The number of nitrogens with two attached hydrogens (primary N) is 1. The number of hydrogen-bond acceptors (Lipinski definition) is 6. The molecule has 39 heavy (non-hydrogen) atoms. The molecule has 9 heteroatoms. The van der Waals surface area contributed by atoms with Gasteiger partial charge in [-0.2, -0.15) is 0 Å². The van der Waals surface area contributed by atoms with Gasteiger partial charge >= 0.3 is 5.97 Å². The number of primary amides is 1. The predicted molar refractivity (Wildman–Crippen MR) is 155 cm³/mol. The molecular weight excluding hydrogens is 494 g/mol. The third-order valence-corrected chi connectivity index (χ3v) is 7.82. The van der Waals surface area contributed by atoms with Gasteiger partial charge in [-0.05, 0) is 86.9 Å². The number of unbranched alkanes of at least 4 members (excludes halogenated alkanes) is 1. The van der Waals surface area contributed by atoms with Crippen LogP contribution < -0.4 is 15.4 Å². The van der Waals surface area contributed by atoms with Gasteiger partial charge < -0.3 is 25.0 Å². The number of aryl methyl sites for hydroxylation is 1. The molecule has 1 saturated heterocycles. The lowest BCUT2D eigenvalue weighted by Crippen LogP contribution is -2.46. The minimum Gasteiger partial charge on any atom is -0.497 e. The Balaban J connectivity index is 1.40. The Morgan fingerprint density at radius 1 is 1.03 bits per heavy atom. The van der Waals surface area contributed by atoms with Crippen LogP contribution in [0.25, 0.3) is 10.9 Å². The molecule has 0 radical (unpaired) electrons. The Bertz CT molecular complexity index is 1260. The zero-order chi connectivity index (χ0) is 27.9. The maximum Gasteiger partial charge on any atom is 0.335 e. The maximum atomic E-state index is 12.5. The number of carbonyl (C=O) groups excluding carboxylic acids is 1. The SMILES string of the molecule is CCN(CC)C(C(N)=O)n1cc(CCCCN2CCN(c3ccc(OC)cc3)CC2)c2cc(C(=O)O)ccc21. The summed E-state index contributed by atoms with van der Waals surface area (Å²) in [5.74, 6) is -0.504. The van der Waals surface area contributed by atoms with Crippen molar-refractivity contribution in [3.05, 3.63) is 59.8 Å². The molecule has 0 aliphatic carbocycles. The molecule has 0 saturated carbocycles. The van der Waals surface area contributed by atoms with Gasteiger partial charge in [0.15, 0.2) is 6.17 Å². The van der Waals surface area contributed by atoms with Crippen LogP contribution in [0.2, 0.25) is 0 Å². The van der Waals surface area contributed by atoms with Gasteiger partial charge in [0, 0.05) is 43.4 Å². The van der Waals surface area contributed by atoms with E-state index in [0.29, 0.717) is 13.1 Å². The van der Waals surface area contributed by atoms with Crippen LogP contribution in [0, 0.1) is 0 Å². The molecule has 0 bridgehead atoms. The van der Waals surface area contributed by atoms with Gasteiger partial charge in [-0.15, -0.1) is 0 Å². The second-order valence-corrected chi connectivity index (χ2v) is 10.1. The van der Waals surface area contributed by atoms with Crippen molar-refractivity contribution in [1.82, 2.24) is 14.4 Å². The number of benzene rings is 2. The molecule has 1 aliphatic rings. The average Bonchev–Trinajstić information content (AvgIpc) is 3.31. The molecule has 1 atom stereocenters. The first-order valence-electron chi connectivity index (χ1n) is 13.9. The Kier molecular flexibility index (Phi) is 9.48. The second kappa shape index (κ2) is 13.0. The molecule has 3 N–H and O–H groups in total. The van der Waals surface area contributed by atoms with Crippen molar-refractivity contribution in [2.75, 3.05) is 57.8 Å². The number of likely N-dealkylation sites (N-methyl/N-ethyl adjacent to an activating group) is 1. The van der Waals surface area contributed by atoms with Crippen molar-refractivity contribution in [2.24, 2.45) is 5.73 Å². The van der Waals surface area contributed by atoms with Gasteiger partial charge in [0.2, 0.25) is 0 Å². The molecule has 1 aromatic heterocycles. The van der Waals surface area contributed by atoms with Gasteiger partial charge in [0.1, 0.15) is 5.75 Å². The number of piperazine rings is 1. The molecular formula is C30H41N5O4. The number of rotatable bonds is 13. The van der Waals surface area contributed by atoms with E-state index in [0.717, 1.165) is 74.2 Å². The molecule has 210 valence electrons. The third-order valence-electron chi connectivity index (χ3n) is 7.82. The van der Waals surface area contributed by atoms with E-state index in [4.69, 9.17) is 10.5 Å². The first-order valence-corrected chi connectivity index (χ1v) is 13.9. The lowest BCUT2D eigenvalue weighted by Gasteiger charge is -2.36. The summed E-state index contributed by atoms with van der Waals surface area (Å²) in [7, 11) is 1.68. The molecule has 1 fully saturated rings. The standard InChI is InChI=1S/C30H41N5O4/c1-4-33(5-2)29(28(31)36)35-21-23(26-20-22(30(37)38)9-14-27(26)35)8-6-7-15-32-16-18-34(19-17-32)24-10-12-25(39-3)13-11-24/h9-14,20-21,29H,4-8,15-19H2,1-3H3,(H2,31,36)(H,37,38). The van der Waals surface area contributed by atoms with Crippen LogP contribution in [0.1, 0.15) is 48.8 Å². The molecule has 1 aliphatic heterocycles. The number of aromatic carboxylic acids is 1. The Hall–Kier alpha value is -3.56.